The monoisotopic (exact) mass is 549 g/mol. The summed E-state index contributed by atoms with van der Waals surface area (Å²) >= 11 is 0. The van der Waals surface area contributed by atoms with Crippen molar-refractivity contribution in [1.82, 2.24) is 10.2 Å². The van der Waals surface area contributed by atoms with Crippen LogP contribution < -0.4 is 9.62 Å². The van der Waals surface area contributed by atoms with Gasteiger partial charge in [0.25, 0.3) is 10.0 Å². The Balaban J connectivity index is 2.02. The van der Waals surface area contributed by atoms with Crippen LogP contribution in [-0.2, 0) is 26.0 Å². The van der Waals surface area contributed by atoms with Gasteiger partial charge in [0.2, 0.25) is 11.8 Å². The highest BCUT2D eigenvalue weighted by atomic mass is 32.2. The van der Waals surface area contributed by atoms with E-state index in [2.05, 4.69) is 5.32 Å². The molecule has 208 valence electrons. The van der Waals surface area contributed by atoms with Crippen molar-refractivity contribution in [3.8, 4) is 0 Å². The van der Waals surface area contributed by atoms with E-state index in [-0.39, 0.29) is 17.3 Å². The zero-order valence-electron chi connectivity index (χ0n) is 23.4. The second kappa shape index (κ2) is 12.9. The molecule has 0 radical (unpaired) electrons. The van der Waals surface area contributed by atoms with E-state index < -0.39 is 34.1 Å². The van der Waals surface area contributed by atoms with Crippen LogP contribution >= 0.6 is 0 Å². The number of sulfonamides is 1. The zero-order chi connectivity index (χ0) is 28.6. The number of hydrogen-bond acceptors (Lipinski definition) is 4. The fourth-order valence-electron chi connectivity index (χ4n) is 4.43. The van der Waals surface area contributed by atoms with Crippen LogP contribution in [0.2, 0.25) is 0 Å². The molecule has 1 N–H and O–H groups in total. The number of para-hydroxylation sites is 1. The van der Waals surface area contributed by atoms with Crippen LogP contribution in [0.5, 0.6) is 0 Å². The molecule has 0 aliphatic carbocycles. The normalized spacial score (nSPS) is 12.4. The lowest BCUT2D eigenvalue weighted by molar-refractivity contribution is -0.140. The molecule has 0 bridgehead atoms. The number of benzene rings is 3. The quantitative estimate of drug-likeness (QED) is 0.367. The second-order valence-electron chi connectivity index (χ2n) is 10.6. The molecule has 0 aliphatic heterocycles. The number of carbonyl (C=O) groups excluding carboxylic acids is 2. The van der Waals surface area contributed by atoms with Gasteiger partial charge in [0.1, 0.15) is 12.6 Å². The van der Waals surface area contributed by atoms with Crippen molar-refractivity contribution in [3.63, 3.8) is 0 Å². The molecule has 1 atom stereocenters. The molecule has 8 heteroatoms. The molecule has 0 unspecified atom stereocenters. The molecule has 3 rings (SSSR count). The Morgan fingerprint density at radius 2 is 1.44 bits per heavy atom. The highest BCUT2D eigenvalue weighted by Gasteiger charge is 2.34. The van der Waals surface area contributed by atoms with Gasteiger partial charge in [-0.1, -0.05) is 73.7 Å². The summed E-state index contributed by atoms with van der Waals surface area (Å²) in [5.41, 5.74) is 1.68. The largest absolute Gasteiger partial charge is 0.350 e. The van der Waals surface area contributed by atoms with Crippen molar-refractivity contribution < 1.29 is 18.0 Å². The third kappa shape index (κ3) is 7.93. The van der Waals surface area contributed by atoms with Gasteiger partial charge in [-0.2, -0.15) is 0 Å². The van der Waals surface area contributed by atoms with Crippen LogP contribution in [0.4, 0.5) is 5.69 Å². The van der Waals surface area contributed by atoms with E-state index in [4.69, 9.17) is 0 Å². The molecular formula is C31H39N3O4S. The highest BCUT2D eigenvalue weighted by Crippen LogP contribution is 2.27. The molecular weight excluding hydrogens is 510 g/mol. The third-order valence-corrected chi connectivity index (χ3v) is 8.14. The van der Waals surface area contributed by atoms with Gasteiger partial charge in [-0.25, -0.2) is 8.42 Å². The Morgan fingerprint density at radius 1 is 0.872 bits per heavy atom. The minimum absolute atomic E-state index is 0.0920. The lowest BCUT2D eigenvalue weighted by Crippen LogP contribution is -2.56. The molecule has 39 heavy (non-hydrogen) atoms. The molecule has 0 saturated carbocycles. The fourth-order valence-corrected chi connectivity index (χ4v) is 5.92. The number of amides is 2. The van der Waals surface area contributed by atoms with Crippen LogP contribution in [0.3, 0.4) is 0 Å². The zero-order valence-corrected chi connectivity index (χ0v) is 24.2. The predicted octanol–water partition coefficient (Wildman–Crippen LogP) is 4.95. The van der Waals surface area contributed by atoms with Crippen LogP contribution in [-0.4, -0.2) is 49.8 Å². The van der Waals surface area contributed by atoms with Crippen molar-refractivity contribution in [2.75, 3.05) is 17.4 Å². The number of nitrogens with one attached hydrogen (secondary N) is 1. The Labute approximate surface area is 232 Å². The predicted molar refractivity (Wildman–Crippen MR) is 156 cm³/mol. The Bertz CT molecular complexity index is 1350. The first-order valence-electron chi connectivity index (χ1n) is 13.2. The van der Waals surface area contributed by atoms with E-state index in [9.17, 15) is 18.0 Å². The van der Waals surface area contributed by atoms with Crippen molar-refractivity contribution in [3.05, 3.63) is 96.1 Å². The van der Waals surface area contributed by atoms with Gasteiger partial charge in [-0.3, -0.25) is 13.9 Å². The first kappa shape index (κ1) is 29.9. The molecule has 2 amide bonds. The van der Waals surface area contributed by atoms with E-state index in [1.807, 2.05) is 77.1 Å². The van der Waals surface area contributed by atoms with E-state index in [0.717, 1.165) is 15.4 Å². The molecule has 0 spiro atoms. The average molecular weight is 550 g/mol. The van der Waals surface area contributed by atoms with Crippen molar-refractivity contribution >= 4 is 27.5 Å². The van der Waals surface area contributed by atoms with Gasteiger partial charge < -0.3 is 10.2 Å². The van der Waals surface area contributed by atoms with E-state index in [1.54, 1.807) is 30.3 Å². The van der Waals surface area contributed by atoms with Crippen LogP contribution in [0, 0.1) is 6.92 Å². The lowest BCUT2D eigenvalue weighted by Gasteiger charge is -2.35. The summed E-state index contributed by atoms with van der Waals surface area (Å²) in [7, 11) is -4.07. The van der Waals surface area contributed by atoms with Crippen LogP contribution in [0.15, 0.2) is 89.8 Å². The second-order valence-corrected chi connectivity index (χ2v) is 12.5. The van der Waals surface area contributed by atoms with E-state index >= 15 is 0 Å². The molecule has 0 heterocycles. The molecule has 0 aromatic heterocycles. The number of hydrogen-bond donors (Lipinski definition) is 1. The number of anilines is 1. The minimum atomic E-state index is -4.07. The lowest BCUT2D eigenvalue weighted by atomic mass is 10.1. The summed E-state index contributed by atoms with van der Waals surface area (Å²) in [6.45, 7) is 9.17. The summed E-state index contributed by atoms with van der Waals surface area (Å²) < 4.78 is 28.9. The van der Waals surface area contributed by atoms with Gasteiger partial charge >= 0.3 is 0 Å². The Kier molecular flexibility index (Phi) is 9.92. The SMILES string of the molecule is CC[C@@H](C(=O)NC(C)(C)C)N(CCc1ccccc1)C(=O)CN(c1ccccc1C)S(=O)(=O)c1ccccc1. The van der Waals surface area contributed by atoms with Gasteiger partial charge in [-0.15, -0.1) is 0 Å². The number of nitrogens with zero attached hydrogens (tertiary/aromatic N) is 2. The molecule has 0 fully saturated rings. The van der Waals surface area contributed by atoms with Crippen LogP contribution in [0.25, 0.3) is 0 Å². The Morgan fingerprint density at radius 3 is 2.00 bits per heavy atom. The average Bonchev–Trinajstić information content (AvgIpc) is 2.90. The van der Waals surface area contributed by atoms with Gasteiger partial charge in [-0.05, 0) is 69.9 Å². The van der Waals surface area contributed by atoms with Crippen molar-refractivity contribution in [2.45, 2.75) is 63.9 Å². The summed E-state index contributed by atoms with van der Waals surface area (Å²) in [4.78, 5) is 29.0. The summed E-state index contributed by atoms with van der Waals surface area (Å²) in [5, 5.41) is 2.99. The number of rotatable bonds is 11. The molecule has 0 aliphatic rings. The van der Waals surface area contributed by atoms with Crippen molar-refractivity contribution in [2.24, 2.45) is 0 Å². The minimum Gasteiger partial charge on any atom is -0.350 e. The number of aryl methyl sites for hydroxylation is 1. The van der Waals surface area contributed by atoms with Crippen molar-refractivity contribution in [1.29, 1.82) is 0 Å². The smallest absolute Gasteiger partial charge is 0.264 e. The third-order valence-electron chi connectivity index (χ3n) is 6.36. The van der Waals surface area contributed by atoms with Crippen LogP contribution in [0.1, 0.15) is 45.2 Å². The maximum Gasteiger partial charge on any atom is 0.264 e. The summed E-state index contributed by atoms with van der Waals surface area (Å²) in [6, 6.07) is 24.1. The standard InChI is InChI=1S/C31H39N3O4S/c1-6-27(30(36)32-31(3,4)5)33(22-21-25-16-9-7-10-17-25)29(35)23-34(28-20-14-13-15-24(28)2)39(37,38)26-18-11-8-12-19-26/h7-20,27H,6,21-23H2,1-5H3,(H,32,36)/t27-/m0/s1. The first-order valence-corrected chi connectivity index (χ1v) is 14.7. The highest BCUT2D eigenvalue weighted by molar-refractivity contribution is 7.92. The topological polar surface area (TPSA) is 86.8 Å². The summed E-state index contributed by atoms with van der Waals surface area (Å²) in [6.07, 6.45) is 0.917. The molecule has 0 saturated heterocycles. The number of carbonyl (C=O) groups is 2. The van der Waals surface area contributed by atoms with Gasteiger partial charge in [0.15, 0.2) is 0 Å². The van der Waals surface area contributed by atoms with E-state index in [1.165, 1.54) is 17.0 Å². The summed E-state index contributed by atoms with van der Waals surface area (Å²) in [5.74, 6) is -0.704. The Hall–Kier alpha value is -3.65. The maximum atomic E-state index is 14.0. The fraction of sp³-hybridized carbons (Fsp3) is 0.355. The van der Waals surface area contributed by atoms with E-state index in [0.29, 0.717) is 18.5 Å². The molecule has 3 aromatic carbocycles. The van der Waals surface area contributed by atoms with Gasteiger partial charge in [0.05, 0.1) is 10.6 Å². The molecule has 7 nitrogen and oxygen atoms in total. The molecule has 3 aromatic rings. The maximum absolute atomic E-state index is 14.0. The first-order chi connectivity index (χ1) is 18.4. The van der Waals surface area contributed by atoms with Gasteiger partial charge in [0, 0.05) is 12.1 Å².